The van der Waals surface area contributed by atoms with Gasteiger partial charge in [-0.1, -0.05) is 23.4 Å². The summed E-state index contributed by atoms with van der Waals surface area (Å²) < 4.78 is 6.07. The van der Waals surface area contributed by atoms with Crippen molar-refractivity contribution in [2.75, 3.05) is 18.0 Å². The first-order valence-electron chi connectivity index (χ1n) is 11.3. The van der Waals surface area contributed by atoms with Gasteiger partial charge in [0.25, 0.3) is 0 Å². The summed E-state index contributed by atoms with van der Waals surface area (Å²) in [6.07, 6.45) is 15.1. The molecule has 0 aliphatic carbocycles. The van der Waals surface area contributed by atoms with Crippen molar-refractivity contribution in [1.82, 2.24) is 33.5 Å². The quantitative estimate of drug-likeness (QED) is 0.411. The number of rotatable bonds is 3. The van der Waals surface area contributed by atoms with Crippen LogP contribution in [-0.2, 0) is 6.54 Å². The van der Waals surface area contributed by atoms with Crippen molar-refractivity contribution < 1.29 is 0 Å². The van der Waals surface area contributed by atoms with Crippen LogP contribution in [0.5, 0.6) is 0 Å². The second-order valence-electron chi connectivity index (χ2n) is 9.06. The van der Waals surface area contributed by atoms with Crippen LogP contribution in [0.2, 0.25) is 5.02 Å². The Morgan fingerprint density at radius 1 is 1.09 bits per heavy atom. The summed E-state index contributed by atoms with van der Waals surface area (Å²) in [5, 5.41) is 6.03. The van der Waals surface area contributed by atoms with Gasteiger partial charge in [-0.05, 0) is 25.0 Å². The molecule has 0 unspecified atom stereocenters. The van der Waals surface area contributed by atoms with Crippen molar-refractivity contribution in [3.05, 3.63) is 66.4 Å². The third-order valence-electron chi connectivity index (χ3n) is 7.34. The summed E-state index contributed by atoms with van der Waals surface area (Å²) in [5.74, 6) is 0.954. The summed E-state index contributed by atoms with van der Waals surface area (Å²) in [6, 6.07) is 4.09. The Kier molecular flexibility index (Phi) is 4.46. The minimum absolute atomic E-state index is 0.0380. The van der Waals surface area contributed by atoms with Crippen molar-refractivity contribution >= 4 is 40.3 Å². The lowest BCUT2D eigenvalue weighted by Gasteiger charge is -2.41. The largest absolute Gasteiger partial charge is 0.355 e. The maximum atomic E-state index is 6.66. The summed E-state index contributed by atoms with van der Waals surface area (Å²) in [7, 11) is 0. The molecule has 0 amide bonds. The van der Waals surface area contributed by atoms with Crippen molar-refractivity contribution in [3.63, 3.8) is 0 Å². The highest BCUT2D eigenvalue weighted by atomic mass is 35.5. The Morgan fingerprint density at radius 2 is 1.97 bits per heavy atom. The molecule has 34 heavy (non-hydrogen) atoms. The fourth-order valence-corrected chi connectivity index (χ4v) is 6.62. The minimum atomic E-state index is 0.0380. The van der Waals surface area contributed by atoms with Gasteiger partial charge >= 0.3 is 0 Å². The van der Waals surface area contributed by atoms with E-state index in [9.17, 15) is 0 Å². The molecular weight excluding hydrogens is 470 g/mol. The zero-order valence-electron chi connectivity index (χ0n) is 18.3. The van der Waals surface area contributed by atoms with E-state index in [1.54, 1.807) is 18.0 Å². The average Bonchev–Trinajstić information content (AvgIpc) is 3.64. The Bertz CT molecular complexity index is 1530. The van der Waals surface area contributed by atoms with Crippen LogP contribution < -0.4 is 10.6 Å². The smallest absolute Gasteiger partial charge is 0.156 e. The first kappa shape index (κ1) is 20.3. The fourth-order valence-electron chi connectivity index (χ4n) is 5.41. The molecule has 0 aromatic carbocycles. The van der Waals surface area contributed by atoms with Crippen molar-refractivity contribution in [2.45, 2.75) is 35.3 Å². The van der Waals surface area contributed by atoms with Gasteiger partial charge in [0.05, 0.1) is 29.2 Å². The summed E-state index contributed by atoms with van der Waals surface area (Å²) >= 11 is 8.20. The van der Waals surface area contributed by atoms with Gasteiger partial charge in [0, 0.05) is 54.7 Å². The monoisotopic (exact) mass is 491 g/mol. The van der Waals surface area contributed by atoms with E-state index in [1.165, 1.54) is 0 Å². The molecule has 0 bridgehead atoms. The van der Waals surface area contributed by atoms with E-state index in [0.29, 0.717) is 5.02 Å². The van der Waals surface area contributed by atoms with Crippen molar-refractivity contribution in [3.8, 4) is 0 Å². The van der Waals surface area contributed by atoms with E-state index in [2.05, 4.69) is 35.1 Å². The van der Waals surface area contributed by atoms with Crippen LogP contribution >= 0.6 is 23.4 Å². The molecule has 172 valence electrons. The van der Waals surface area contributed by atoms with Gasteiger partial charge in [-0.3, -0.25) is 9.08 Å². The first-order chi connectivity index (χ1) is 16.6. The van der Waals surface area contributed by atoms with Gasteiger partial charge < -0.3 is 15.0 Å². The summed E-state index contributed by atoms with van der Waals surface area (Å²) in [5.41, 5.74) is 9.62. The second-order valence-corrected chi connectivity index (χ2v) is 10.5. The summed E-state index contributed by atoms with van der Waals surface area (Å²) in [4.78, 5) is 16.9. The highest BCUT2D eigenvalue weighted by Crippen LogP contribution is 2.48. The zero-order valence-corrected chi connectivity index (χ0v) is 19.8. The normalized spacial score (nSPS) is 19.5. The molecule has 1 saturated heterocycles. The molecule has 1 fully saturated rings. The van der Waals surface area contributed by atoms with E-state index >= 15 is 0 Å². The number of halogens is 1. The number of piperidine rings is 1. The Morgan fingerprint density at radius 3 is 2.82 bits per heavy atom. The number of hydrogen-bond acceptors (Lipinski definition) is 7. The Hall–Kier alpha value is -3.08. The van der Waals surface area contributed by atoms with Crippen LogP contribution in [0.1, 0.15) is 24.6 Å². The van der Waals surface area contributed by atoms with Gasteiger partial charge in [0.15, 0.2) is 11.5 Å². The highest BCUT2D eigenvalue weighted by molar-refractivity contribution is 7.99. The number of imidazole rings is 2. The standard InChI is InChI=1S/C23H22ClN9S/c24-19-17(2-7-30-10-6-27-22(19)30)34-18-12-28-21(16-11-26-14-32(16)18)31-8-3-23(4-9-31)13-33-15(20(23)25)1-5-29-33/h1-2,5-7,10-12,14,20H,3-4,8-9,13,25H2/t20-/m1/s1. The molecule has 2 aliphatic rings. The minimum Gasteiger partial charge on any atom is -0.355 e. The first-order valence-corrected chi connectivity index (χ1v) is 12.4. The SMILES string of the molecule is N[C@@H]1c2ccnn2CC12CCN(c1ncc(Sc3ccn4ccnc4c3Cl)n3cncc13)CC2. The molecule has 2 N–H and O–H groups in total. The maximum absolute atomic E-state index is 6.66. The molecule has 1 atom stereocenters. The van der Waals surface area contributed by atoms with Gasteiger partial charge in [0.1, 0.15) is 16.9 Å². The molecule has 5 aromatic rings. The van der Waals surface area contributed by atoms with E-state index in [0.717, 1.165) is 65.1 Å². The van der Waals surface area contributed by atoms with Gasteiger partial charge in [-0.25, -0.2) is 15.0 Å². The predicted octanol–water partition coefficient (Wildman–Crippen LogP) is 3.68. The highest BCUT2D eigenvalue weighted by Gasteiger charge is 2.47. The van der Waals surface area contributed by atoms with Gasteiger partial charge in [-0.15, -0.1) is 0 Å². The second kappa shape index (κ2) is 7.46. The van der Waals surface area contributed by atoms with E-state index in [-0.39, 0.29) is 11.5 Å². The fraction of sp³-hybridized carbons (Fsp3) is 0.304. The topological polar surface area (TPSA) is 94.6 Å². The third kappa shape index (κ3) is 2.92. The number of pyridine rings is 1. The molecule has 2 aliphatic heterocycles. The number of nitrogens with two attached hydrogens (primary N) is 1. The van der Waals surface area contributed by atoms with E-state index < -0.39 is 0 Å². The number of anilines is 1. The van der Waals surface area contributed by atoms with Crippen LogP contribution in [0.15, 0.2) is 65.6 Å². The molecule has 9 nitrogen and oxygen atoms in total. The van der Waals surface area contributed by atoms with Crippen LogP contribution in [0, 0.1) is 5.41 Å². The molecule has 0 saturated carbocycles. The lowest BCUT2D eigenvalue weighted by molar-refractivity contribution is 0.170. The Balaban J connectivity index is 1.16. The molecule has 7 rings (SSSR count). The van der Waals surface area contributed by atoms with Crippen molar-refractivity contribution in [2.24, 2.45) is 11.1 Å². The van der Waals surface area contributed by atoms with Crippen LogP contribution in [-0.4, -0.2) is 46.6 Å². The van der Waals surface area contributed by atoms with E-state index in [1.807, 2.05) is 47.8 Å². The molecule has 11 heteroatoms. The van der Waals surface area contributed by atoms with Crippen LogP contribution in [0.25, 0.3) is 11.2 Å². The number of hydrogen-bond donors (Lipinski definition) is 1. The number of aromatic nitrogens is 7. The molecule has 7 heterocycles. The molecule has 1 spiro atoms. The molecular formula is C23H22ClN9S. The van der Waals surface area contributed by atoms with Crippen molar-refractivity contribution in [1.29, 1.82) is 0 Å². The lowest BCUT2D eigenvalue weighted by Crippen LogP contribution is -2.45. The van der Waals surface area contributed by atoms with Crippen LogP contribution in [0.3, 0.4) is 0 Å². The number of nitrogens with zero attached hydrogens (tertiary/aromatic N) is 8. The maximum Gasteiger partial charge on any atom is 0.156 e. The third-order valence-corrected chi connectivity index (χ3v) is 8.89. The average molecular weight is 492 g/mol. The molecule has 5 aromatic heterocycles. The lowest BCUT2D eigenvalue weighted by atomic mass is 9.73. The number of fused-ring (bicyclic) bond motifs is 3. The van der Waals surface area contributed by atoms with Gasteiger partial charge in [0.2, 0.25) is 0 Å². The van der Waals surface area contributed by atoms with Crippen LogP contribution in [0.4, 0.5) is 5.82 Å². The molecule has 0 radical (unpaired) electrons. The Labute approximate surface area is 204 Å². The van der Waals surface area contributed by atoms with E-state index in [4.69, 9.17) is 22.3 Å². The predicted molar refractivity (Wildman–Crippen MR) is 130 cm³/mol. The van der Waals surface area contributed by atoms with Gasteiger partial charge in [-0.2, -0.15) is 5.10 Å². The zero-order chi connectivity index (χ0) is 22.9. The summed E-state index contributed by atoms with van der Waals surface area (Å²) in [6.45, 7) is 2.71.